The first-order valence-electron chi connectivity index (χ1n) is 10.7. The Kier molecular flexibility index (Phi) is 6.91. The van der Waals surface area contributed by atoms with Crippen molar-refractivity contribution < 1.29 is 18.8 Å². The molecule has 9 heteroatoms. The van der Waals surface area contributed by atoms with Crippen molar-refractivity contribution >= 4 is 58.0 Å². The number of carbonyl (C=O) groups excluding carboxylic acids is 3. The summed E-state index contributed by atoms with van der Waals surface area (Å²) in [4.78, 5) is 39.4. The molecule has 0 saturated carbocycles. The van der Waals surface area contributed by atoms with Gasteiger partial charge in [-0.05, 0) is 60.0 Å². The largest absolute Gasteiger partial charge is 0.350 e. The Bertz CT molecular complexity index is 1370. The van der Waals surface area contributed by atoms with E-state index in [1.165, 1.54) is 18.2 Å². The molecule has 1 aliphatic heterocycles. The van der Waals surface area contributed by atoms with Crippen molar-refractivity contribution in [3.05, 3.63) is 99.4 Å². The molecule has 3 aromatic carbocycles. The van der Waals surface area contributed by atoms with E-state index in [1.807, 2.05) is 26.0 Å². The van der Waals surface area contributed by atoms with Crippen molar-refractivity contribution in [3.63, 3.8) is 0 Å². The fourth-order valence-electron chi connectivity index (χ4n) is 3.51. The van der Waals surface area contributed by atoms with E-state index in [1.54, 1.807) is 30.3 Å². The van der Waals surface area contributed by atoms with E-state index < -0.39 is 23.5 Å². The molecule has 2 N–H and O–H groups in total. The van der Waals surface area contributed by atoms with Crippen LogP contribution in [-0.2, 0) is 9.59 Å². The molecule has 178 valence electrons. The van der Waals surface area contributed by atoms with Gasteiger partial charge in [0.2, 0.25) is 0 Å². The number of carbonyl (C=O) groups is 3. The van der Waals surface area contributed by atoms with Gasteiger partial charge in [-0.15, -0.1) is 0 Å². The predicted molar refractivity (Wildman–Crippen MR) is 135 cm³/mol. The molecule has 0 spiro atoms. The average Bonchev–Trinajstić information content (AvgIpc) is 3.04. The highest BCUT2D eigenvalue weighted by Gasteiger charge is 2.39. The number of anilines is 3. The zero-order valence-electron chi connectivity index (χ0n) is 18.7. The van der Waals surface area contributed by atoms with Crippen molar-refractivity contribution in [2.75, 3.05) is 15.5 Å². The Morgan fingerprint density at radius 2 is 1.63 bits per heavy atom. The van der Waals surface area contributed by atoms with E-state index in [-0.39, 0.29) is 21.3 Å². The van der Waals surface area contributed by atoms with E-state index >= 15 is 0 Å². The first-order chi connectivity index (χ1) is 16.7. The number of rotatable bonds is 6. The highest BCUT2D eigenvalue weighted by molar-refractivity contribution is 6.53. The Labute approximate surface area is 211 Å². The second-order valence-electron chi connectivity index (χ2n) is 8.17. The summed E-state index contributed by atoms with van der Waals surface area (Å²) in [7, 11) is 0. The van der Waals surface area contributed by atoms with Gasteiger partial charge in [-0.1, -0.05) is 55.2 Å². The fraction of sp³-hybridized carbons (Fsp3) is 0.115. The van der Waals surface area contributed by atoms with Crippen LogP contribution < -0.4 is 15.5 Å². The molecule has 0 bridgehead atoms. The molecule has 0 fully saturated rings. The predicted octanol–water partition coefficient (Wildman–Crippen LogP) is 6.29. The second kappa shape index (κ2) is 9.90. The van der Waals surface area contributed by atoms with Crippen molar-refractivity contribution in [2.24, 2.45) is 0 Å². The summed E-state index contributed by atoms with van der Waals surface area (Å²) in [6.07, 6.45) is 0. The van der Waals surface area contributed by atoms with E-state index in [2.05, 4.69) is 10.6 Å². The molecule has 6 nitrogen and oxygen atoms in total. The number of amides is 3. The van der Waals surface area contributed by atoms with Gasteiger partial charge >= 0.3 is 0 Å². The zero-order chi connectivity index (χ0) is 25.3. The van der Waals surface area contributed by atoms with Crippen LogP contribution in [-0.4, -0.2) is 17.7 Å². The molecule has 4 rings (SSSR count). The maximum Gasteiger partial charge on any atom is 0.283 e. The minimum atomic E-state index is -0.640. The second-order valence-corrected chi connectivity index (χ2v) is 8.95. The summed E-state index contributed by atoms with van der Waals surface area (Å²) >= 11 is 12.0. The normalized spacial score (nSPS) is 13.6. The summed E-state index contributed by atoms with van der Waals surface area (Å²) in [5.74, 6) is -2.01. The van der Waals surface area contributed by atoms with Crippen molar-refractivity contribution in [2.45, 2.75) is 19.8 Å². The first kappa shape index (κ1) is 24.4. The highest BCUT2D eigenvalue weighted by atomic mass is 35.5. The number of hydrogen-bond donors (Lipinski definition) is 2. The number of benzene rings is 3. The molecule has 0 radical (unpaired) electrons. The van der Waals surface area contributed by atoms with Gasteiger partial charge in [0, 0.05) is 16.9 Å². The zero-order valence-corrected chi connectivity index (χ0v) is 20.2. The summed E-state index contributed by atoms with van der Waals surface area (Å²) in [5.41, 5.74) is 2.34. The van der Waals surface area contributed by atoms with E-state index in [0.717, 1.165) is 16.5 Å². The van der Waals surface area contributed by atoms with Gasteiger partial charge in [-0.25, -0.2) is 9.29 Å². The maximum absolute atomic E-state index is 13.4. The minimum Gasteiger partial charge on any atom is -0.350 e. The number of imide groups is 1. The quantitative estimate of drug-likeness (QED) is 0.381. The summed E-state index contributed by atoms with van der Waals surface area (Å²) in [6, 6.07) is 17.2. The monoisotopic (exact) mass is 511 g/mol. The van der Waals surface area contributed by atoms with Crippen LogP contribution in [0.2, 0.25) is 5.02 Å². The number of nitrogens with one attached hydrogen (secondary N) is 2. The molecule has 0 unspecified atom stereocenters. The minimum absolute atomic E-state index is 0.0903. The van der Waals surface area contributed by atoms with Crippen LogP contribution >= 0.6 is 23.2 Å². The van der Waals surface area contributed by atoms with Crippen molar-refractivity contribution in [3.8, 4) is 0 Å². The Balaban J connectivity index is 1.52. The van der Waals surface area contributed by atoms with Gasteiger partial charge in [0.1, 0.15) is 16.5 Å². The van der Waals surface area contributed by atoms with E-state index in [4.69, 9.17) is 23.2 Å². The van der Waals surface area contributed by atoms with E-state index in [0.29, 0.717) is 23.0 Å². The molecule has 3 aromatic rings. The number of halogens is 3. The van der Waals surface area contributed by atoms with Gasteiger partial charge in [0.25, 0.3) is 17.7 Å². The summed E-state index contributed by atoms with van der Waals surface area (Å²) in [6.45, 7) is 4.09. The molecule has 3 amide bonds. The van der Waals surface area contributed by atoms with Crippen LogP contribution in [0.25, 0.3) is 0 Å². The Morgan fingerprint density at radius 3 is 2.29 bits per heavy atom. The smallest absolute Gasteiger partial charge is 0.283 e. The van der Waals surface area contributed by atoms with Gasteiger partial charge in [-0.2, -0.15) is 0 Å². The van der Waals surface area contributed by atoms with Gasteiger partial charge in [-0.3, -0.25) is 14.4 Å². The third-order valence-corrected chi connectivity index (χ3v) is 6.06. The number of hydrogen-bond acceptors (Lipinski definition) is 4. The molecule has 1 aliphatic rings. The summed E-state index contributed by atoms with van der Waals surface area (Å²) in [5, 5.41) is 5.12. The molecule has 0 aliphatic carbocycles. The standard InChI is InChI=1S/C26H20Cl2FN3O3/c1-14(2)15-6-9-19(10-7-15)32-25(34)22(28)23(26(32)35)30-17-5-3-4-16(12-17)24(33)31-18-8-11-21(29)20(27)13-18/h3-14,30H,1-2H3,(H,31,33). The van der Waals surface area contributed by atoms with Crippen molar-refractivity contribution in [1.29, 1.82) is 0 Å². The molecule has 0 saturated heterocycles. The highest BCUT2D eigenvalue weighted by Crippen LogP contribution is 2.31. The van der Waals surface area contributed by atoms with Crippen LogP contribution in [0.15, 0.2) is 77.5 Å². The molecule has 1 heterocycles. The van der Waals surface area contributed by atoms with Gasteiger partial charge < -0.3 is 10.6 Å². The SMILES string of the molecule is CC(C)c1ccc(N2C(=O)C(Cl)=C(Nc3cccc(C(=O)Nc4ccc(F)c(Cl)c4)c3)C2=O)cc1. The molecule has 35 heavy (non-hydrogen) atoms. The lowest BCUT2D eigenvalue weighted by Gasteiger charge is -2.16. The van der Waals surface area contributed by atoms with Crippen LogP contribution in [0.3, 0.4) is 0 Å². The molecule has 0 atom stereocenters. The Morgan fingerprint density at radius 1 is 0.914 bits per heavy atom. The first-order valence-corrected chi connectivity index (χ1v) is 11.4. The topological polar surface area (TPSA) is 78.5 Å². The lowest BCUT2D eigenvalue weighted by Crippen LogP contribution is -2.32. The molecular formula is C26H20Cl2FN3O3. The summed E-state index contributed by atoms with van der Waals surface area (Å²) < 4.78 is 13.4. The van der Waals surface area contributed by atoms with Crippen LogP contribution in [0.1, 0.15) is 35.7 Å². The van der Waals surface area contributed by atoms with Crippen molar-refractivity contribution in [1.82, 2.24) is 0 Å². The lowest BCUT2D eigenvalue weighted by atomic mass is 10.0. The van der Waals surface area contributed by atoms with Crippen LogP contribution in [0, 0.1) is 5.82 Å². The molecular weight excluding hydrogens is 492 g/mol. The van der Waals surface area contributed by atoms with E-state index in [9.17, 15) is 18.8 Å². The van der Waals surface area contributed by atoms with Crippen LogP contribution in [0.5, 0.6) is 0 Å². The fourth-order valence-corrected chi connectivity index (χ4v) is 3.91. The van der Waals surface area contributed by atoms with Crippen LogP contribution in [0.4, 0.5) is 21.5 Å². The average molecular weight is 512 g/mol. The third-order valence-electron chi connectivity index (χ3n) is 5.42. The third kappa shape index (κ3) is 5.06. The molecule has 0 aromatic heterocycles. The van der Waals surface area contributed by atoms with Gasteiger partial charge in [0.15, 0.2) is 0 Å². The van der Waals surface area contributed by atoms with Gasteiger partial charge in [0.05, 0.1) is 10.7 Å². The Hall–Kier alpha value is -3.68. The maximum atomic E-state index is 13.4. The number of nitrogens with zero attached hydrogens (tertiary/aromatic N) is 1. The lowest BCUT2D eigenvalue weighted by molar-refractivity contribution is -0.120.